The van der Waals surface area contributed by atoms with Gasteiger partial charge in [0.25, 0.3) is 0 Å². The number of hydrogen-bond acceptors (Lipinski definition) is 1. The van der Waals surface area contributed by atoms with Crippen molar-refractivity contribution < 1.29 is 0 Å². The van der Waals surface area contributed by atoms with Gasteiger partial charge in [0, 0.05) is 6.04 Å². The molecule has 1 nitrogen and oxygen atoms in total. The summed E-state index contributed by atoms with van der Waals surface area (Å²) in [6, 6.07) is 20.8. The van der Waals surface area contributed by atoms with Gasteiger partial charge >= 0.3 is 0 Å². The van der Waals surface area contributed by atoms with Gasteiger partial charge in [-0.3, -0.25) is 0 Å². The Morgan fingerprint density at radius 3 is 2.39 bits per heavy atom. The highest BCUT2D eigenvalue weighted by Crippen LogP contribution is 2.38. The van der Waals surface area contributed by atoms with Gasteiger partial charge in [0.05, 0.1) is 6.04 Å². The highest BCUT2D eigenvalue weighted by molar-refractivity contribution is 5.60. The molecule has 4 rings (SSSR count). The summed E-state index contributed by atoms with van der Waals surface area (Å²) in [7, 11) is 0. The van der Waals surface area contributed by atoms with Crippen LogP contribution in [0.15, 0.2) is 60.2 Å². The van der Waals surface area contributed by atoms with Crippen LogP contribution in [0.5, 0.6) is 0 Å². The zero-order valence-electron chi connectivity index (χ0n) is 13.7. The quantitative estimate of drug-likeness (QED) is 0.812. The van der Waals surface area contributed by atoms with Crippen LogP contribution in [0.2, 0.25) is 0 Å². The number of benzene rings is 2. The van der Waals surface area contributed by atoms with Crippen molar-refractivity contribution in [3.05, 3.63) is 76.9 Å². The lowest BCUT2D eigenvalue weighted by molar-refractivity contribution is 0.355. The molecule has 0 spiro atoms. The summed E-state index contributed by atoms with van der Waals surface area (Å²) in [6.07, 6.45) is 10.3. The minimum absolute atomic E-state index is 0.398. The fourth-order valence-corrected chi connectivity index (χ4v) is 4.10. The molecule has 0 heterocycles. The minimum atomic E-state index is 0.398. The average molecular weight is 303 g/mol. The first-order chi connectivity index (χ1) is 11.4. The van der Waals surface area contributed by atoms with Crippen molar-refractivity contribution in [1.29, 1.82) is 0 Å². The molecule has 1 atom stereocenters. The number of fused-ring (bicyclic) bond motifs is 1. The largest absolute Gasteiger partial charge is 0.304 e. The van der Waals surface area contributed by atoms with Crippen LogP contribution in [-0.4, -0.2) is 6.04 Å². The van der Waals surface area contributed by atoms with E-state index in [0.717, 1.165) is 6.42 Å². The topological polar surface area (TPSA) is 12.0 Å². The molecule has 1 N–H and O–H groups in total. The number of rotatable bonds is 3. The van der Waals surface area contributed by atoms with E-state index in [4.69, 9.17) is 0 Å². The van der Waals surface area contributed by atoms with Gasteiger partial charge < -0.3 is 5.32 Å². The second-order valence-corrected chi connectivity index (χ2v) is 6.94. The Morgan fingerprint density at radius 1 is 0.826 bits per heavy atom. The summed E-state index contributed by atoms with van der Waals surface area (Å²) >= 11 is 0. The third-order valence-corrected chi connectivity index (χ3v) is 5.29. The molecule has 2 aliphatic carbocycles. The lowest BCUT2D eigenvalue weighted by Gasteiger charge is -2.28. The van der Waals surface area contributed by atoms with Crippen molar-refractivity contribution in [2.75, 3.05) is 0 Å². The Kier molecular flexibility index (Phi) is 4.30. The standard InChI is InChI=1S/C22H25N/c1-3-9-17(10-4-1)15-19-16-18-11-7-8-14-21(18)22(19)23-20-12-5-2-6-13-20/h1,3-4,7-11,14-15,20,22-23H,2,5-6,12-13,16H2/b19-15+. The lowest BCUT2D eigenvalue weighted by atomic mass is 9.93. The predicted octanol–water partition coefficient (Wildman–Crippen LogP) is 5.29. The summed E-state index contributed by atoms with van der Waals surface area (Å²) in [6.45, 7) is 0. The van der Waals surface area contributed by atoms with Crippen molar-refractivity contribution in [1.82, 2.24) is 5.32 Å². The number of nitrogens with one attached hydrogen (secondary N) is 1. The smallest absolute Gasteiger partial charge is 0.0547 e. The average Bonchev–Trinajstić information content (AvgIpc) is 2.94. The van der Waals surface area contributed by atoms with E-state index in [2.05, 4.69) is 66.0 Å². The molecule has 2 aromatic carbocycles. The molecule has 0 aliphatic heterocycles. The van der Waals surface area contributed by atoms with E-state index < -0.39 is 0 Å². The molecule has 118 valence electrons. The fourth-order valence-electron chi connectivity index (χ4n) is 4.10. The van der Waals surface area contributed by atoms with Gasteiger partial charge in [0.1, 0.15) is 0 Å². The van der Waals surface area contributed by atoms with Gasteiger partial charge in [-0.1, -0.05) is 79.9 Å². The van der Waals surface area contributed by atoms with Crippen molar-refractivity contribution in [2.45, 2.75) is 50.6 Å². The third kappa shape index (κ3) is 3.25. The van der Waals surface area contributed by atoms with E-state index in [1.165, 1.54) is 54.4 Å². The molecule has 0 radical (unpaired) electrons. The van der Waals surface area contributed by atoms with Crippen molar-refractivity contribution in [3.63, 3.8) is 0 Å². The summed E-state index contributed by atoms with van der Waals surface area (Å²) < 4.78 is 0. The molecule has 2 aromatic rings. The molecule has 0 aromatic heterocycles. The molecular weight excluding hydrogens is 278 g/mol. The molecule has 1 fully saturated rings. The van der Waals surface area contributed by atoms with Crippen LogP contribution in [-0.2, 0) is 6.42 Å². The normalized spacial score (nSPS) is 23.1. The van der Waals surface area contributed by atoms with Gasteiger partial charge in [0.15, 0.2) is 0 Å². The second kappa shape index (κ2) is 6.72. The zero-order valence-corrected chi connectivity index (χ0v) is 13.7. The first-order valence-electron chi connectivity index (χ1n) is 8.99. The van der Waals surface area contributed by atoms with Crippen LogP contribution in [0, 0.1) is 0 Å². The molecule has 0 saturated heterocycles. The molecule has 0 amide bonds. The van der Waals surface area contributed by atoms with E-state index in [-0.39, 0.29) is 0 Å². The molecule has 0 bridgehead atoms. The maximum atomic E-state index is 3.98. The van der Waals surface area contributed by atoms with E-state index >= 15 is 0 Å². The van der Waals surface area contributed by atoms with Gasteiger partial charge in [-0.05, 0) is 41.5 Å². The molecule has 1 heteroatoms. The van der Waals surface area contributed by atoms with Gasteiger partial charge in [-0.2, -0.15) is 0 Å². The van der Waals surface area contributed by atoms with Crippen molar-refractivity contribution in [3.8, 4) is 0 Å². The van der Waals surface area contributed by atoms with Gasteiger partial charge in [0.2, 0.25) is 0 Å². The Bertz CT molecular complexity index is 680. The van der Waals surface area contributed by atoms with Crippen LogP contribution in [0.4, 0.5) is 0 Å². The molecular formula is C22H25N. The molecule has 23 heavy (non-hydrogen) atoms. The maximum absolute atomic E-state index is 3.98. The Hall–Kier alpha value is -1.86. The van der Waals surface area contributed by atoms with E-state index in [1.54, 1.807) is 0 Å². The highest BCUT2D eigenvalue weighted by atomic mass is 15.0. The summed E-state index contributed by atoms with van der Waals surface area (Å²) in [4.78, 5) is 0. The first kappa shape index (κ1) is 14.7. The molecule has 1 saturated carbocycles. The van der Waals surface area contributed by atoms with Crippen molar-refractivity contribution >= 4 is 6.08 Å². The predicted molar refractivity (Wildman–Crippen MR) is 97.3 cm³/mol. The highest BCUT2D eigenvalue weighted by Gasteiger charge is 2.29. The molecule has 2 aliphatic rings. The van der Waals surface area contributed by atoms with Crippen LogP contribution in [0.3, 0.4) is 0 Å². The lowest BCUT2D eigenvalue weighted by Crippen LogP contribution is -2.34. The fraction of sp³-hybridized carbons (Fsp3) is 0.364. The van der Waals surface area contributed by atoms with E-state index in [1.807, 2.05) is 0 Å². The minimum Gasteiger partial charge on any atom is -0.304 e. The summed E-state index contributed by atoms with van der Waals surface area (Å²) in [5, 5.41) is 3.98. The van der Waals surface area contributed by atoms with Crippen molar-refractivity contribution in [2.24, 2.45) is 0 Å². The van der Waals surface area contributed by atoms with Crippen LogP contribution >= 0.6 is 0 Å². The Labute approximate surface area is 139 Å². The maximum Gasteiger partial charge on any atom is 0.0547 e. The monoisotopic (exact) mass is 303 g/mol. The Morgan fingerprint density at radius 2 is 1.57 bits per heavy atom. The SMILES string of the molecule is C(=C1/Cc2ccccc2C1NC1CCCCC1)/c1ccccc1. The number of hydrogen-bond donors (Lipinski definition) is 1. The first-order valence-corrected chi connectivity index (χ1v) is 8.99. The van der Waals surface area contributed by atoms with Crippen LogP contribution in [0.1, 0.15) is 54.8 Å². The van der Waals surface area contributed by atoms with Crippen LogP contribution < -0.4 is 5.32 Å². The van der Waals surface area contributed by atoms with Gasteiger partial charge in [-0.15, -0.1) is 0 Å². The van der Waals surface area contributed by atoms with Gasteiger partial charge in [-0.25, -0.2) is 0 Å². The summed E-state index contributed by atoms with van der Waals surface area (Å²) in [5.74, 6) is 0. The van der Waals surface area contributed by atoms with Crippen LogP contribution in [0.25, 0.3) is 6.08 Å². The molecule has 1 unspecified atom stereocenters. The summed E-state index contributed by atoms with van der Waals surface area (Å²) in [5.41, 5.74) is 5.80. The second-order valence-electron chi connectivity index (χ2n) is 6.94. The Balaban J connectivity index is 1.63. The van der Waals surface area contributed by atoms with E-state index in [9.17, 15) is 0 Å². The third-order valence-electron chi connectivity index (χ3n) is 5.29. The zero-order chi connectivity index (χ0) is 15.5. The van der Waals surface area contributed by atoms with E-state index in [0.29, 0.717) is 12.1 Å².